The molecule has 1 aromatic carbocycles. The zero-order valence-corrected chi connectivity index (χ0v) is 15.0. The van der Waals surface area contributed by atoms with Crippen molar-refractivity contribution in [1.82, 2.24) is 4.31 Å². The van der Waals surface area contributed by atoms with Crippen LogP contribution < -0.4 is 5.73 Å². The second-order valence-electron chi connectivity index (χ2n) is 5.19. The molecular formula is C14H21Cl2FN2O3S. The second kappa shape index (κ2) is 9.15. The Bertz CT molecular complexity index is 608. The van der Waals surface area contributed by atoms with E-state index in [9.17, 15) is 12.8 Å². The monoisotopic (exact) mass is 386 g/mol. The number of piperidine rings is 1. The van der Waals surface area contributed by atoms with Gasteiger partial charge in [-0.15, -0.1) is 12.4 Å². The maximum absolute atomic E-state index is 13.9. The zero-order valence-electron chi connectivity index (χ0n) is 12.6. The lowest BCUT2D eigenvalue weighted by molar-refractivity contribution is 0.0208. The van der Waals surface area contributed by atoms with E-state index in [2.05, 4.69) is 0 Å². The highest BCUT2D eigenvalue weighted by Crippen LogP contribution is 2.25. The van der Waals surface area contributed by atoms with Crippen molar-refractivity contribution < 1.29 is 17.5 Å². The van der Waals surface area contributed by atoms with Crippen LogP contribution in [0.25, 0.3) is 0 Å². The van der Waals surface area contributed by atoms with E-state index < -0.39 is 15.8 Å². The number of sulfonamides is 1. The van der Waals surface area contributed by atoms with E-state index in [4.69, 9.17) is 22.1 Å². The third kappa shape index (κ3) is 5.27. The van der Waals surface area contributed by atoms with Crippen LogP contribution in [-0.2, 0) is 14.8 Å². The Morgan fingerprint density at radius 1 is 1.35 bits per heavy atom. The van der Waals surface area contributed by atoms with Gasteiger partial charge in [0.2, 0.25) is 10.0 Å². The number of rotatable bonds is 6. The Morgan fingerprint density at radius 2 is 2.00 bits per heavy atom. The van der Waals surface area contributed by atoms with Gasteiger partial charge in [0.1, 0.15) is 10.7 Å². The molecule has 132 valence electrons. The predicted molar refractivity (Wildman–Crippen MR) is 90.1 cm³/mol. The molecule has 0 amide bonds. The normalized spacial score (nSPS) is 17.0. The summed E-state index contributed by atoms with van der Waals surface area (Å²) < 4.78 is 45.7. The fraction of sp³-hybridized carbons (Fsp3) is 0.571. The first-order valence-electron chi connectivity index (χ1n) is 7.22. The van der Waals surface area contributed by atoms with E-state index in [1.54, 1.807) is 0 Å². The van der Waals surface area contributed by atoms with Gasteiger partial charge in [-0.3, -0.25) is 0 Å². The first-order chi connectivity index (χ1) is 10.4. The van der Waals surface area contributed by atoms with E-state index in [0.29, 0.717) is 39.1 Å². The molecule has 1 fully saturated rings. The fourth-order valence-corrected chi connectivity index (χ4v) is 4.07. The molecule has 1 saturated heterocycles. The minimum atomic E-state index is -3.83. The number of nitrogens with two attached hydrogens (primary N) is 1. The van der Waals surface area contributed by atoms with Crippen molar-refractivity contribution in [3.8, 4) is 0 Å². The lowest BCUT2D eigenvalue weighted by Crippen LogP contribution is -2.41. The first kappa shape index (κ1) is 20.6. The smallest absolute Gasteiger partial charge is 0.245 e. The Labute approximate surface area is 147 Å². The summed E-state index contributed by atoms with van der Waals surface area (Å²) in [6, 6.07) is 3.59. The summed E-state index contributed by atoms with van der Waals surface area (Å²) in [7, 11) is -3.83. The number of hydrogen-bond acceptors (Lipinski definition) is 4. The van der Waals surface area contributed by atoms with Gasteiger partial charge in [0.15, 0.2) is 0 Å². The molecule has 1 aliphatic heterocycles. The van der Waals surface area contributed by atoms with Crippen LogP contribution in [0.4, 0.5) is 4.39 Å². The van der Waals surface area contributed by atoms with Crippen molar-refractivity contribution in [2.45, 2.75) is 30.3 Å². The molecule has 2 N–H and O–H groups in total. The number of nitrogens with zero attached hydrogens (tertiary/aromatic N) is 1. The standard InChI is InChI=1S/C14H20ClFN2O3S.ClH/c15-11-2-3-14(13(16)10-11)22(19,20)18-7-4-12(5-8-18)21-9-1-6-17;/h2-3,10,12H,1,4-9,17H2;1H. The topological polar surface area (TPSA) is 72.6 Å². The lowest BCUT2D eigenvalue weighted by atomic mass is 10.1. The van der Waals surface area contributed by atoms with Crippen molar-refractivity contribution >= 4 is 34.0 Å². The van der Waals surface area contributed by atoms with Gasteiger partial charge in [0, 0.05) is 24.7 Å². The van der Waals surface area contributed by atoms with Crippen molar-refractivity contribution in [1.29, 1.82) is 0 Å². The fourth-order valence-electron chi connectivity index (χ4n) is 2.40. The highest BCUT2D eigenvalue weighted by Gasteiger charge is 2.31. The Morgan fingerprint density at radius 3 is 2.57 bits per heavy atom. The molecule has 23 heavy (non-hydrogen) atoms. The van der Waals surface area contributed by atoms with E-state index in [0.717, 1.165) is 12.5 Å². The molecule has 0 saturated carbocycles. The van der Waals surface area contributed by atoms with Gasteiger partial charge in [-0.05, 0) is 44.0 Å². The van der Waals surface area contributed by atoms with Gasteiger partial charge >= 0.3 is 0 Å². The van der Waals surface area contributed by atoms with Crippen molar-refractivity contribution in [3.63, 3.8) is 0 Å². The van der Waals surface area contributed by atoms with Gasteiger partial charge in [0.25, 0.3) is 0 Å². The third-order valence-corrected chi connectivity index (χ3v) is 5.78. The van der Waals surface area contributed by atoms with Crippen LogP contribution in [0.15, 0.2) is 23.1 Å². The van der Waals surface area contributed by atoms with Crippen LogP contribution in [-0.4, -0.2) is 45.1 Å². The molecule has 0 atom stereocenters. The average Bonchev–Trinajstić information content (AvgIpc) is 2.47. The molecule has 0 bridgehead atoms. The maximum Gasteiger partial charge on any atom is 0.245 e. The third-order valence-electron chi connectivity index (χ3n) is 3.61. The second-order valence-corrected chi connectivity index (χ2v) is 7.53. The average molecular weight is 387 g/mol. The number of ether oxygens (including phenoxy) is 1. The number of benzene rings is 1. The highest BCUT2D eigenvalue weighted by atomic mass is 35.5. The lowest BCUT2D eigenvalue weighted by Gasteiger charge is -2.31. The predicted octanol–water partition coefficient (Wildman–Crippen LogP) is 2.42. The van der Waals surface area contributed by atoms with Crippen LogP contribution in [0, 0.1) is 5.82 Å². The summed E-state index contributed by atoms with van der Waals surface area (Å²) in [5.41, 5.74) is 5.40. The first-order valence-corrected chi connectivity index (χ1v) is 9.04. The molecule has 0 aliphatic carbocycles. The van der Waals surface area contributed by atoms with Gasteiger partial charge < -0.3 is 10.5 Å². The minimum absolute atomic E-state index is 0. The van der Waals surface area contributed by atoms with Crippen LogP contribution >= 0.6 is 24.0 Å². The number of hydrogen-bond donors (Lipinski definition) is 1. The van der Waals surface area contributed by atoms with Crippen molar-refractivity contribution in [3.05, 3.63) is 29.0 Å². The molecule has 0 unspecified atom stereocenters. The van der Waals surface area contributed by atoms with Crippen molar-refractivity contribution in [2.24, 2.45) is 5.73 Å². The highest BCUT2D eigenvalue weighted by molar-refractivity contribution is 7.89. The van der Waals surface area contributed by atoms with E-state index in [1.165, 1.54) is 16.4 Å². The van der Waals surface area contributed by atoms with Crippen LogP contribution in [0.1, 0.15) is 19.3 Å². The van der Waals surface area contributed by atoms with Crippen LogP contribution in [0.3, 0.4) is 0 Å². The van der Waals surface area contributed by atoms with Crippen LogP contribution in [0.2, 0.25) is 5.02 Å². The van der Waals surface area contributed by atoms with Crippen LogP contribution in [0.5, 0.6) is 0 Å². The largest absolute Gasteiger partial charge is 0.378 e. The SMILES string of the molecule is Cl.NCCCOC1CCN(S(=O)(=O)c2ccc(Cl)cc2F)CC1. The zero-order chi connectivity index (χ0) is 16.2. The van der Waals surface area contributed by atoms with E-state index in [-0.39, 0.29) is 28.4 Å². The number of halogens is 3. The van der Waals surface area contributed by atoms with E-state index in [1.807, 2.05) is 0 Å². The Kier molecular flexibility index (Phi) is 8.20. The molecule has 0 radical (unpaired) electrons. The molecule has 0 spiro atoms. The molecule has 1 heterocycles. The summed E-state index contributed by atoms with van der Waals surface area (Å²) in [5, 5.41) is 0.170. The molecule has 1 aliphatic rings. The summed E-state index contributed by atoms with van der Waals surface area (Å²) in [5.74, 6) is -0.825. The summed E-state index contributed by atoms with van der Waals surface area (Å²) in [4.78, 5) is -0.334. The maximum atomic E-state index is 13.9. The van der Waals surface area contributed by atoms with Gasteiger partial charge in [0.05, 0.1) is 6.10 Å². The quantitative estimate of drug-likeness (QED) is 0.761. The molecule has 9 heteroatoms. The molecular weight excluding hydrogens is 366 g/mol. The van der Waals surface area contributed by atoms with Gasteiger partial charge in [-0.25, -0.2) is 12.8 Å². The summed E-state index contributed by atoms with van der Waals surface area (Å²) >= 11 is 5.66. The van der Waals surface area contributed by atoms with Crippen molar-refractivity contribution in [2.75, 3.05) is 26.2 Å². The molecule has 0 aromatic heterocycles. The minimum Gasteiger partial charge on any atom is -0.378 e. The Hall–Kier alpha value is -0.440. The molecule has 2 rings (SSSR count). The van der Waals surface area contributed by atoms with E-state index >= 15 is 0 Å². The Balaban J connectivity index is 0.00000264. The molecule has 5 nitrogen and oxygen atoms in total. The molecule has 1 aromatic rings. The summed E-state index contributed by atoms with van der Waals surface area (Å²) in [6.07, 6.45) is 2.01. The van der Waals surface area contributed by atoms with Gasteiger partial charge in [-0.2, -0.15) is 4.31 Å². The van der Waals surface area contributed by atoms with Gasteiger partial charge in [-0.1, -0.05) is 11.6 Å². The summed E-state index contributed by atoms with van der Waals surface area (Å²) in [6.45, 7) is 1.79.